The molecule has 1 aromatic rings. The van der Waals surface area contributed by atoms with Gasteiger partial charge in [-0.15, -0.1) is 0 Å². The van der Waals surface area contributed by atoms with Crippen molar-refractivity contribution in [3.05, 3.63) is 35.4 Å². The van der Waals surface area contributed by atoms with Gasteiger partial charge in [-0.3, -0.25) is 4.79 Å². The second kappa shape index (κ2) is 7.42. The van der Waals surface area contributed by atoms with Gasteiger partial charge in [0.25, 0.3) is 0 Å². The summed E-state index contributed by atoms with van der Waals surface area (Å²) in [5.74, 6) is -1.82. The van der Waals surface area contributed by atoms with E-state index in [4.69, 9.17) is 5.73 Å². The second-order valence-electron chi connectivity index (χ2n) is 4.36. The Bertz CT molecular complexity index is 495. The van der Waals surface area contributed by atoms with Crippen LogP contribution >= 0.6 is 0 Å². The molecule has 3 amide bonds. The Hall–Kier alpha value is -2.18. The first kappa shape index (κ1) is 15.9. The van der Waals surface area contributed by atoms with Gasteiger partial charge in [-0.05, 0) is 19.4 Å². The maximum Gasteiger partial charge on any atom is 0.315 e. The second-order valence-corrected chi connectivity index (χ2v) is 4.36. The highest BCUT2D eigenvalue weighted by molar-refractivity contribution is 5.75. The fraction of sp³-hybridized carbons (Fsp3) is 0.385. The topological polar surface area (TPSA) is 84.2 Å². The van der Waals surface area contributed by atoms with Gasteiger partial charge in [-0.1, -0.05) is 6.07 Å². The van der Waals surface area contributed by atoms with Crippen molar-refractivity contribution >= 4 is 11.9 Å². The number of hydrogen-bond donors (Lipinski definition) is 3. The highest BCUT2D eigenvalue weighted by Crippen LogP contribution is 2.17. The van der Waals surface area contributed by atoms with Crippen LogP contribution in [0.2, 0.25) is 0 Å². The van der Waals surface area contributed by atoms with Crippen LogP contribution < -0.4 is 16.4 Å². The van der Waals surface area contributed by atoms with Crippen molar-refractivity contribution in [3.63, 3.8) is 0 Å². The van der Waals surface area contributed by atoms with Crippen molar-refractivity contribution in [3.8, 4) is 0 Å². The van der Waals surface area contributed by atoms with Gasteiger partial charge < -0.3 is 16.4 Å². The van der Waals surface area contributed by atoms with Gasteiger partial charge in [0.1, 0.15) is 11.6 Å². The molecule has 5 nitrogen and oxygen atoms in total. The monoisotopic (exact) mass is 285 g/mol. The predicted molar refractivity (Wildman–Crippen MR) is 69.7 cm³/mol. The molecule has 0 bridgehead atoms. The van der Waals surface area contributed by atoms with Crippen LogP contribution in [0.3, 0.4) is 0 Å². The quantitative estimate of drug-likeness (QED) is 0.693. The van der Waals surface area contributed by atoms with E-state index in [2.05, 4.69) is 10.6 Å². The molecule has 0 aliphatic carbocycles. The van der Waals surface area contributed by atoms with Crippen LogP contribution in [0.4, 0.5) is 13.6 Å². The number of amides is 3. The molecule has 1 rings (SSSR count). The van der Waals surface area contributed by atoms with E-state index in [1.165, 1.54) is 6.07 Å². The number of primary amides is 1. The molecule has 0 unspecified atom stereocenters. The number of benzene rings is 1. The molecule has 0 heterocycles. The number of halogens is 2. The average Bonchev–Trinajstić information content (AvgIpc) is 2.34. The molecule has 4 N–H and O–H groups in total. The molecular weight excluding hydrogens is 268 g/mol. The summed E-state index contributed by atoms with van der Waals surface area (Å²) in [6.45, 7) is 1.87. The molecule has 0 saturated heterocycles. The minimum Gasteiger partial charge on any atom is -0.370 e. The first-order valence-corrected chi connectivity index (χ1v) is 6.17. The first-order chi connectivity index (χ1) is 9.40. The molecule has 1 atom stereocenters. The van der Waals surface area contributed by atoms with Crippen LogP contribution in [0.5, 0.6) is 0 Å². The van der Waals surface area contributed by atoms with Gasteiger partial charge >= 0.3 is 6.03 Å². The van der Waals surface area contributed by atoms with Crippen LogP contribution in [0.25, 0.3) is 0 Å². The summed E-state index contributed by atoms with van der Waals surface area (Å²) in [5, 5.41) is 5.03. The third kappa shape index (κ3) is 5.21. The van der Waals surface area contributed by atoms with Crippen molar-refractivity contribution in [1.82, 2.24) is 10.6 Å². The molecule has 1 aromatic carbocycles. The summed E-state index contributed by atoms with van der Waals surface area (Å²) in [6.07, 6.45) is 0.616. The van der Waals surface area contributed by atoms with E-state index in [-0.39, 0.29) is 18.5 Å². The van der Waals surface area contributed by atoms with Crippen LogP contribution in [-0.4, -0.2) is 18.5 Å². The lowest BCUT2D eigenvalue weighted by atomic mass is 10.1. The summed E-state index contributed by atoms with van der Waals surface area (Å²) in [4.78, 5) is 22.0. The Kier molecular flexibility index (Phi) is 5.89. The summed E-state index contributed by atoms with van der Waals surface area (Å²) >= 11 is 0. The fourth-order valence-electron chi connectivity index (χ4n) is 1.64. The van der Waals surface area contributed by atoms with Gasteiger partial charge in [0, 0.05) is 24.6 Å². The fourth-order valence-corrected chi connectivity index (χ4v) is 1.64. The van der Waals surface area contributed by atoms with Crippen LogP contribution in [-0.2, 0) is 4.79 Å². The van der Waals surface area contributed by atoms with E-state index in [1.807, 2.05) is 0 Å². The molecule has 0 aliphatic rings. The van der Waals surface area contributed by atoms with Gasteiger partial charge in [-0.2, -0.15) is 0 Å². The number of carbonyl (C=O) groups is 2. The smallest absolute Gasteiger partial charge is 0.315 e. The number of urea groups is 1. The Labute approximate surface area is 115 Å². The van der Waals surface area contributed by atoms with E-state index in [0.29, 0.717) is 6.42 Å². The zero-order chi connectivity index (χ0) is 15.1. The number of hydrogen-bond acceptors (Lipinski definition) is 2. The maximum absolute atomic E-state index is 13.5. The zero-order valence-corrected chi connectivity index (χ0v) is 11.1. The van der Waals surface area contributed by atoms with Gasteiger partial charge in [0.15, 0.2) is 0 Å². The molecule has 0 aliphatic heterocycles. The Morgan fingerprint density at radius 3 is 2.65 bits per heavy atom. The lowest BCUT2D eigenvalue weighted by Crippen LogP contribution is -2.38. The molecular formula is C13H17F2N3O2. The molecule has 0 fully saturated rings. The van der Waals surface area contributed by atoms with E-state index in [9.17, 15) is 18.4 Å². The van der Waals surface area contributed by atoms with Crippen molar-refractivity contribution < 1.29 is 18.4 Å². The van der Waals surface area contributed by atoms with E-state index >= 15 is 0 Å². The number of nitrogens with one attached hydrogen (secondary N) is 2. The highest BCUT2D eigenvalue weighted by Gasteiger charge is 2.13. The molecule has 20 heavy (non-hydrogen) atoms. The Balaban J connectivity index is 2.43. The molecule has 7 heteroatoms. The lowest BCUT2D eigenvalue weighted by molar-refractivity contribution is -0.118. The third-order valence-electron chi connectivity index (χ3n) is 2.66. The van der Waals surface area contributed by atoms with Crippen molar-refractivity contribution in [2.45, 2.75) is 25.8 Å². The highest BCUT2D eigenvalue weighted by atomic mass is 19.1. The molecule has 0 radical (unpaired) electrons. The van der Waals surface area contributed by atoms with Crippen LogP contribution in [0.15, 0.2) is 18.2 Å². The van der Waals surface area contributed by atoms with E-state index < -0.39 is 29.6 Å². The molecule has 110 valence electrons. The van der Waals surface area contributed by atoms with Crippen molar-refractivity contribution in [1.29, 1.82) is 0 Å². The summed E-state index contributed by atoms with van der Waals surface area (Å²) < 4.78 is 26.3. The Morgan fingerprint density at radius 1 is 1.35 bits per heavy atom. The minimum atomic E-state index is -0.716. The minimum absolute atomic E-state index is 0.183. The lowest BCUT2D eigenvalue weighted by Gasteiger charge is -2.15. The standard InChI is InChI=1S/C13H17F2N3O2/c1-8(10-5-4-9(14)7-11(10)15)18-13(20)17-6-2-3-12(16)19/h4-5,7-8H,2-3,6H2,1H3,(H2,16,19)(H2,17,18,20)/t8-/m1/s1. The van der Waals surface area contributed by atoms with Crippen LogP contribution in [0.1, 0.15) is 31.4 Å². The van der Waals surface area contributed by atoms with E-state index in [1.54, 1.807) is 6.92 Å². The molecule has 0 saturated carbocycles. The summed E-state index contributed by atoms with van der Waals surface area (Å²) in [6, 6.07) is 2.07. The summed E-state index contributed by atoms with van der Waals surface area (Å²) in [7, 11) is 0. The van der Waals surface area contributed by atoms with E-state index in [0.717, 1.165) is 12.1 Å². The maximum atomic E-state index is 13.5. The Morgan fingerprint density at radius 2 is 2.05 bits per heavy atom. The SMILES string of the molecule is C[C@@H](NC(=O)NCCCC(N)=O)c1ccc(F)cc1F. The van der Waals surface area contributed by atoms with Gasteiger partial charge in [-0.25, -0.2) is 13.6 Å². The van der Waals surface area contributed by atoms with Crippen LogP contribution in [0, 0.1) is 11.6 Å². The first-order valence-electron chi connectivity index (χ1n) is 6.17. The average molecular weight is 285 g/mol. The molecule has 0 aromatic heterocycles. The summed E-state index contributed by atoms with van der Waals surface area (Å²) in [5.41, 5.74) is 5.15. The van der Waals surface area contributed by atoms with Crippen molar-refractivity contribution in [2.75, 3.05) is 6.54 Å². The zero-order valence-electron chi connectivity index (χ0n) is 11.1. The van der Waals surface area contributed by atoms with Gasteiger partial charge in [0.05, 0.1) is 6.04 Å². The number of nitrogens with two attached hydrogens (primary N) is 1. The predicted octanol–water partition coefficient (Wildman–Crippen LogP) is 1.59. The number of rotatable bonds is 6. The van der Waals surface area contributed by atoms with Crippen molar-refractivity contribution in [2.24, 2.45) is 5.73 Å². The normalized spacial score (nSPS) is 11.8. The van der Waals surface area contributed by atoms with Gasteiger partial charge in [0.2, 0.25) is 5.91 Å². The molecule has 0 spiro atoms. The largest absolute Gasteiger partial charge is 0.370 e. The third-order valence-corrected chi connectivity index (χ3v) is 2.66. The number of carbonyl (C=O) groups excluding carboxylic acids is 2.